The number of carbonyl (C=O) groups is 1. The Morgan fingerprint density at radius 3 is 2.48 bits per heavy atom. The minimum absolute atomic E-state index is 0.0316. The number of amides is 1. The van der Waals surface area contributed by atoms with E-state index in [1.165, 1.54) is 0 Å². The van der Waals surface area contributed by atoms with Crippen molar-refractivity contribution in [3.8, 4) is 5.95 Å². The zero-order chi connectivity index (χ0) is 19.1. The predicted octanol–water partition coefficient (Wildman–Crippen LogP) is 4.02. The Kier molecular flexibility index (Phi) is 4.65. The predicted molar refractivity (Wildman–Crippen MR) is 108 cm³/mol. The molecule has 1 aliphatic heterocycles. The number of nitrogens with one attached hydrogen (secondary N) is 1. The van der Waals surface area contributed by atoms with Crippen LogP contribution >= 0.6 is 23.4 Å². The third-order valence-corrected chi connectivity index (χ3v) is 5.86. The highest BCUT2D eigenvalue weighted by atomic mass is 35.5. The average molecular weight is 400 g/mol. The number of aromatic nitrogens is 4. The number of hydrogen-bond acceptors (Lipinski definition) is 5. The molecule has 0 radical (unpaired) electrons. The van der Waals surface area contributed by atoms with Crippen molar-refractivity contribution in [1.29, 1.82) is 0 Å². The Bertz CT molecular complexity index is 1010. The van der Waals surface area contributed by atoms with Gasteiger partial charge in [-0.3, -0.25) is 4.79 Å². The molecule has 6 nitrogen and oxygen atoms in total. The number of halogens is 1. The van der Waals surface area contributed by atoms with Gasteiger partial charge in [0.25, 0.3) is 5.95 Å². The molecule has 3 heterocycles. The highest BCUT2D eigenvalue weighted by molar-refractivity contribution is 8.00. The van der Waals surface area contributed by atoms with Gasteiger partial charge in [0.2, 0.25) is 5.91 Å². The molecule has 0 aliphatic carbocycles. The van der Waals surface area contributed by atoms with Crippen LogP contribution in [0.4, 0.5) is 5.82 Å². The van der Waals surface area contributed by atoms with Crippen LogP contribution < -0.4 is 5.32 Å². The van der Waals surface area contributed by atoms with E-state index < -0.39 is 0 Å². The van der Waals surface area contributed by atoms with Gasteiger partial charge in [0.05, 0.1) is 16.7 Å². The van der Waals surface area contributed by atoms with Crippen LogP contribution in [-0.2, 0) is 4.79 Å². The largest absolute Gasteiger partial charge is 0.309 e. The van der Waals surface area contributed by atoms with Crippen LogP contribution in [0.1, 0.15) is 33.5 Å². The SMILES string of the molecule is Cc1cc(C)nc(-n2nc(C)c3c2NC(=O)CSC3c2ccc(Cl)cc2)n1. The van der Waals surface area contributed by atoms with Gasteiger partial charge >= 0.3 is 0 Å². The van der Waals surface area contributed by atoms with Crippen LogP contribution in [0, 0.1) is 20.8 Å². The smallest absolute Gasteiger partial charge is 0.252 e. The maximum atomic E-state index is 12.4. The summed E-state index contributed by atoms with van der Waals surface area (Å²) in [6.45, 7) is 5.77. The molecule has 0 saturated heterocycles. The van der Waals surface area contributed by atoms with Crippen LogP contribution in [0.5, 0.6) is 0 Å². The van der Waals surface area contributed by atoms with Gasteiger partial charge in [-0.05, 0) is 44.5 Å². The van der Waals surface area contributed by atoms with Crippen molar-refractivity contribution in [1.82, 2.24) is 19.7 Å². The summed E-state index contributed by atoms with van der Waals surface area (Å²) < 4.78 is 1.64. The van der Waals surface area contributed by atoms with E-state index in [0.717, 1.165) is 28.2 Å². The van der Waals surface area contributed by atoms with Crippen LogP contribution in [0.25, 0.3) is 5.95 Å². The molecule has 138 valence electrons. The van der Waals surface area contributed by atoms with Crippen molar-refractivity contribution in [2.45, 2.75) is 26.0 Å². The summed E-state index contributed by atoms with van der Waals surface area (Å²) in [5, 5.41) is 8.30. The number of fused-ring (bicyclic) bond motifs is 1. The van der Waals surface area contributed by atoms with Gasteiger partial charge in [-0.15, -0.1) is 11.8 Å². The van der Waals surface area contributed by atoms with Crippen LogP contribution in [0.2, 0.25) is 5.02 Å². The van der Waals surface area contributed by atoms with Gasteiger partial charge in [-0.25, -0.2) is 9.97 Å². The normalized spacial score (nSPS) is 16.6. The first-order valence-electron chi connectivity index (χ1n) is 8.51. The molecule has 0 fully saturated rings. The molecule has 3 aromatic rings. The van der Waals surface area contributed by atoms with Gasteiger partial charge in [-0.2, -0.15) is 9.78 Å². The first kappa shape index (κ1) is 18.0. The zero-order valence-electron chi connectivity index (χ0n) is 15.2. The van der Waals surface area contributed by atoms with E-state index in [4.69, 9.17) is 11.6 Å². The van der Waals surface area contributed by atoms with E-state index >= 15 is 0 Å². The van der Waals surface area contributed by atoms with Crippen LogP contribution in [-0.4, -0.2) is 31.4 Å². The van der Waals surface area contributed by atoms with Crippen molar-refractivity contribution in [2.24, 2.45) is 0 Å². The molecular formula is C19H18ClN5OS. The molecule has 2 aromatic heterocycles. The lowest BCUT2D eigenvalue weighted by atomic mass is 10.0. The number of anilines is 1. The van der Waals surface area contributed by atoms with Crippen molar-refractivity contribution >= 4 is 35.1 Å². The highest BCUT2D eigenvalue weighted by Crippen LogP contribution is 2.43. The first-order valence-corrected chi connectivity index (χ1v) is 9.94. The van der Waals surface area contributed by atoms with Gasteiger partial charge in [0.1, 0.15) is 5.82 Å². The standard InChI is InChI=1S/C19H18ClN5OS/c1-10-8-11(2)22-19(21-10)25-18-16(12(3)24-25)17(27-9-15(26)23-18)13-4-6-14(20)7-5-13/h4-8,17H,9H2,1-3H3,(H,23,26). The van der Waals surface area contributed by atoms with E-state index in [-0.39, 0.29) is 11.2 Å². The lowest BCUT2D eigenvalue weighted by molar-refractivity contribution is -0.113. The molecule has 1 aliphatic rings. The Hall–Kier alpha value is -2.38. The summed E-state index contributed by atoms with van der Waals surface area (Å²) in [7, 11) is 0. The number of rotatable bonds is 2. The minimum Gasteiger partial charge on any atom is -0.309 e. The average Bonchev–Trinajstić information content (AvgIpc) is 2.81. The maximum absolute atomic E-state index is 12.4. The minimum atomic E-state index is -0.0664. The zero-order valence-corrected chi connectivity index (χ0v) is 16.7. The summed E-state index contributed by atoms with van der Waals surface area (Å²) in [4.78, 5) is 21.4. The third kappa shape index (κ3) is 3.44. The highest BCUT2D eigenvalue weighted by Gasteiger charge is 2.31. The summed E-state index contributed by atoms with van der Waals surface area (Å²) >= 11 is 7.62. The second-order valence-corrected chi connectivity index (χ2v) is 8.03. The monoisotopic (exact) mass is 399 g/mol. The maximum Gasteiger partial charge on any atom is 0.252 e. The number of benzene rings is 1. The summed E-state index contributed by atoms with van der Waals surface area (Å²) in [5.74, 6) is 1.38. The van der Waals surface area contributed by atoms with Gasteiger partial charge in [0, 0.05) is 22.0 Å². The van der Waals surface area contributed by atoms with Crippen molar-refractivity contribution in [3.63, 3.8) is 0 Å². The lowest BCUT2D eigenvalue weighted by Crippen LogP contribution is -2.17. The van der Waals surface area contributed by atoms with E-state index in [1.807, 2.05) is 51.1 Å². The molecule has 27 heavy (non-hydrogen) atoms. The van der Waals surface area contributed by atoms with Gasteiger partial charge in [-0.1, -0.05) is 23.7 Å². The molecule has 1 N–H and O–H groups in total. The Morgan fingerprint density at radius 1 is 1.15 bits per heavy atom. The quantitative estimate of drug-likeness (QED) is 0.704. The van der Waals surface area contributed by atoms with Crippen LogP contribution in [0.15, 0.2) is 30.3 Å². The molecule has 4 rings (SSSR count). The lowest BCUT2D eigenvalue weighted by Gasteiger charge is -2.15. The number of thioether (sulfide) groups is 1. The number of nitrogens with zero attached hydrogens (tertiary/aromatic N) is 4. The third-order valence-electron chi connectivity index (χ3n) is 4.34. The van der Waals surface area contributed by atoms with E-state index in [9.17, 15) is 4.79 Å². The molecule has 1 unspecified atom stereocenters. The topological polar surface area (TPSA) is 72.7 Å². The van der Waals surface area contributed by atoms with E-state index in [1.54, 1.807) is 16.4 Å². The molecule has 0 bridgehead atoms. The van der Waals surface area contributed by atoms with Crippen molar-refractivity contribution in [2.75, 3.05) is 11.1 Å². The number of carbonyl (C=O) groups excluding carboxylic acids is 1. The second-order valence-electron chi connectivity index (χ2n) is 6.50. The molecule has 1 aromatic carbocycles. The summed E-state index contributed by atoms with van der Waals surface area (Å²) in [6, 6.07) is 9.62. The number of hydrogen-bond donors (Lipinski definition) is 1. The van der Waals surface area contributed by atoms with Crippen LogP contribution in [0.3, 0.4) is 0 Å². The van der Waals surface area contributed by atoms with Gasteiger partial charge < -0.3 is 5.32 Å². The molecule has 8 heteroatoms. The summed E-state index contributed by atoms with van der Waals surface area (Å²) in [6.07, 6.45) is 0. The molecule has 1 amide bonds. The Labute approximate surface area is 166 Å². The van der Waals surface area contributed by atoms with E-state index in [2.05, 4.69) is 20.4 Å². The van der Waals surface area contributed by atoms with E-state index in [0.29, 0.717) is 22.5 Å². The molecular weight excluding hydrogens is 382 g/mol. The summed E-state index contributed by atoms with van der Waals surface area (Å²) in [5.41, 5.74) is 4.58. The second kappa shape index (κ2) is 6.98. The van der Waals surface area contributed by atoms with Crippen molar-refractivity contribution < 1.29 is 4.79 Å². The first-order chi connectivity index (χ1) is 12.9. The van der Waals surface area contributed by atoms with Crippen molar-refractivity contribution in [3.05, 3.63) is 63.6 Å². The fourth-order valence-corrected chi connectivity index (χ4v) is 4.55. The number of aryl methyl sites for hydroxylation is 3. The fraction of sp³-hybridized carbons (Fsp3) is 0.263. The Morgan fingerprint density at radius 2 is 1.81 bits per heavy atom. The molecule has 0 spiro atoms. The molecule has 1 atom stereocenters. The molecule has 0 saturated carbocycles. The van der Waals surface area contributed by atoms with Gasteiger partial charge in [0.15, 0.2) is 0 Å². The fourth-order valence-electron chi connectivity index (χ4n) is 3.23. The Balaban J connectivity index is 1.90.